The molecule has 5 heteroatoms. The molecule has 5 nitrogen and oxygen atoms in total. The van der Waals surface area contributed by atoms with Crippen molar-refractivity contribution in [3.05, 3.63) is 24.0 Å². The third-order valence-corrected chi connectivity index (χ3v) is 3.35. The van der Waals surface area contributed by atoms with Crippen LogP contribution in [0.4, 0.5) is 5.69 Å². The van der Waals surface area contributed by atoms with Crippen LogP contribution in [0.1, 0.15) is 26.0 Å². The molecule has 1 aromatic rings. The average Bonchev–Trinajstić information content (AvgIpc) is 2.35. The summed E-state index contributed by atoms with van der Waals surface area (Å²) >= 11 is 0. The minimum Gasteiger partial charge on any atom is -0.340 e. The first-order valence-corrected chi connectivity index (χ1v) is 6.02. The van der Waals surface area contributed by atoms with Crippen LogP contribution >= 0.6 is 0 Å². The Labute approximate surface area is 106 Å². The van der Waals surface area contributed by atoms with Crippen LogP contribution in [0.3, 0.4) is 0 Å². The number of aryl methyl sites for hydroxylation is 1. The van der Waals surface area contributed by atoms with Crippen LogP contribution < -0.4 is 10.2 Å². The summed E-state index contributed by atoms with van der Waals surface area (Å²) in [5, 5.41) is 2.75. The van der Waals surface area contributed by atoms with E-state index < -0.39 is 5.54 Å². The van der Waals surface area contributed by atoms with Crippen LogP contribution in [0.5, 0.6) is 0 Å². The summed E-state index contributed by atoms with van der Waals surface area (Å²) < 4.78 is 0. The van der Waals surface area contributed by atoms with Crippen molar-refractivity contribution in [2.75, 3.05) is 11.4 Å². The molecule has 2 rings (SSSR count). The Bertz CT molecular complexity index is 484. The number of nitrogens with one attached hydrogen (secondary N) is 1. The Morgan fingerprint density at radius 3 is 2.72 bits per heavy atom. The lowest BCUT2D eigenvalue weighted by Crippen LogP contribution is -2.65. The molecule has 2 heterocycles. The fraction of sp³-hybridized carbons (Fsp3) is 0.462. The molecule has 0 radical (unpaired) electrons. The molecule has 0 spiro atoms. The summed E-state index contributed by atoms with van der Waals surface area (Å²) in [5.41, 5.74) is 0.728. The van der Waals surface area contributed by atoms with E-state index in [9.17, 15) is 9.59 Å². The van der Waals surface area contributed by atoms with Crippen molar-refractivity contribution in [3.63, 3.8) is 0 Å². The van der Waals surface area contributed by atoms with Gasteiger partial charge >= 0.3 is 0 Å². The van der Waals surface area contributed by atoms with Gasteiger partial charge in [0.2, 0.25) is 5.91 Å². The van der Waals surface area contributed by atoms with E-state index in [1.807, 2.05) is 26.0 Å². The molecule has 1 fully saturated rings. The van der Waals surface area contributed by atoms with E-state index in [1.165, 1.54) is 4.90 Å². The lowest BCUT2D eigenvalue weighted by molar-refractivity contribution is -0.135. The Kier molecular flexibility index (Phi) is 3.07. The maximum atomic E-state index is 12.4. The molecular weight excluding hydrogens is 230 g/mol. The summed E-state index contributed by atoms with van der Waals surface area (Å²) in [6, 6.07) is 3.65. The number of aromatic nitrogens is 1. The number of nitrogens with zero attached hydrogens (tertiary/aromatic N) is 2. The molecule has 96 valence electrons. The molecule has 0 aromatic carbocycles. The van der Waals surface area contributed by atoms with Crippen molar-refractivity contribution < 1.29 is 9.59 Å². The molecule has 0 bridgehead atoms. The fourth-order valence-corrected chi connectivity index (χ4v) is 1.98. The van der Waals surface area contributed by atoms with E-state index in [-0.39, 0.29) is 18.4 Å². The molecule has 0 saturated carbocycles. The molecule has 1 aliphatic rings. The maximum Gasteiger partial charge on any atom is 0.252 e. The Hall–Kier alpha value is -1.91. The second-order valence-electron chi connectivity index (χ2n) is 4.78. The van der Waals surface area contributed by atoms with E-state index in [1.54, 1.807) is 13.1 Å². The molecule has 18 heavy (non-hydrogen) atoms. The van der Waals surface area contributed by atoms with Gasteiger partial charge in [0.1, 0.15) is 12.1 Å². The number of carbonyl (C=O) groups is 2. The summed E-state index contributed by atoms with van der Waals surface area (Å²) in [4.78, 5) is 29.8. The van der Waals surface area contributed by atoms with Crippen LogP contribution in [0.15, 0.2) is 18.3 Å². The van der Waals surface area contributed by atoms with Gasteiger partial charge in [-0.2, -0.15) is 0 Å². The SMILES string of the molecule is CCC1(C)NC(=O)CN(c2ccc(C)nc2)C1=O. The maximum absolute atomic E-state index is 12.4. The second kappa shape index (κ2) is 4.40. The fourth-order valence-electron chi connectivity index (χ4n) is 1.98. The van der Waals surface area contributed by atoms with Gasteiger partial charge in [-0.15, -0.1) is 0 Å². The quantitative estimate of drug-likeness (QED) is 0.848. The second-order valence-corrected chi connectivity index (χ2v) is 4.78. The standard InChI is InChI=1S/C13H17N3O2/c1-4-13(3)12(18)16(8-11(17)15-13)10-6-5-9(2)14-7-10/h5-7H,4,8H2,1-3H3,(H,15,17). The third kappa shape index (κ3) is 2.08. The van der Waals surface area contributed by atoms with Crippen molar-refractivity contribution in [1.29, 1.82) is 0 Å². The van der Waals surface area contributed by atoms with Gasteiger partial charge in [-0.05, 0) is 32.4 Å². The first-order valence-electron chi connectivity index (χ1n) is 6.02. The lowest BCUT2D eigenvalue weighted by Gasteiger charge is -2.39. The predicted molar refractivity (Wildman–Crippen MR) is 68.2 cm³/mol. The van der Waals surface area contributed by atoms with Gasteiger partial charge in [-0.1, -0.05) is 6.92 Å². The number of piperazine rings is 1. The van der Waals surface area contributed by atoms with Crippen molar-refractivity contribution in [1.82, 2.24) is 10.3 Å². The highest BCUT2D eigenvalue weighted by Crippen LogP contribution is 2.23. The van der Waals surface area contributed by atoms with Crippen LogP contribution in [0.2, 0.25) is 0 Å². The van der Waals surface area contributed by atoms with E-state index in [4.69, 9.17) is 0 Å². The third-order valence-electron chi connectivity index (χ3n) is 3.35. The van der Waals surface area contributed by atoms with Crippen LogP contribution in [-0.2, 0) is 9.59 Å². The zero-order valence-corrected chi connectivity index (χ0v) is 10.9. The molecule has 1 aromatic heterocycles. The summed E-state index contributed by atoms with van der Waals surface area (Å²) in [7, 11) is 0. The van der Waals surface area contributed by atoms with Gasteiger partial charge in [0.05, 0.1) is 11.9 Å². The monoisotopic (exact) mass is 247 g/mol. The first-order chi connectivity index (χ1) is 8.46. The van der Waals surface area contributed by atoms with Gasteiger partial charge < -0.3 is 5.32 Å². The van der Waals surface area contributed by atoms with Crippen molar-refractivity contribution in [2.24, 2.45) is 0 Å². The molecule has 1 unspecified atom stereocenters. The number of pyridine rings is 1. The zero-order valence-electron chi connectivity index (χ0n) is 10.9. The van der Waals surface area contributed by atoms with E-state index in [2.05, 4.69) is 10.3 Å². The lowest BCUT2D eigenvalue weighted by atomic mass is 9.94. The molecule has 1 N–H and O–H groups in total. The largest absolute Gasteiger partial charge is 0.340 e. The highest BCUT2D eigenvalue weighted by Gasteiger charge is 2.42. The number of anilines is 1. The van der Waals surface area contributed by atoms with Crippen molar-refractivity contribution >= 4 is 17.5 Å². The van der Waals surface area contributed by atoms with Gasteiger partial charge in [-0.25, -0.2) is 0 Å². The van der Waals surface area contributed by atoms with Gasteiger partial charge in [0, 0.05) is 5.69 Å². The number of hydrogen-bond donors (Lipinski definition) is 1. The van der Waals surface area contributed by atoms with E-state index in [0.29, 0.717) is 12.1 Å². The highest BCUT2D eigenvalue weighted by molar-refractivity contribution is 6.08. The Balaban J connectivity index is 2.35. The first kappa shape index (κ1) is 12.5. The predicted octanol–water partition coefficient (Wildman–Crippen LogP) is 1.02. The summed E-state index contributed by atoms with van der Waals surface area (Å²) in [5.74, 6) is -0.227. The highest BCUT2D eigenvalue weighted by atomic mass is 16.2. The average molecular weight is 247 g/mol. The van der Waals surface area contributed by atoms with Crippen LogP contribution in [0.25, 0.3) is 0 Å². The van der Waals surface area contributed by atoms with Gasteiger partial charge in [-0.3, -0.25) is 19.5 Å². The number of carbonyl (C=O) groups excluding carboxylic acids is 2. The molecule has 2 amide bonds. The van der Waals surface area contributed by atoms with Gasteiger partial charge in [0.25, 0.3) is 5.91 Å². The van der Waals surface area contributed by atoms with E-state index >= 15 is 0 Å². The topological polar surface area (TPSA) is 62.3 Å². The summed E-state index contributed by atoms with van der Waals surface area (Å²) in [6.07, 6.45) is 2.19. The minimum absolute atomic E-state index is 0.0547. The Morgan fingerprint density at radius 1 is 1.44 bits per heavy atom. The van der Waals surface area contributed by atoms with Crippen molar-refractivity contribution in [3.8, 4) is 0 Å². The summed E-state index contributed by atoms with van der Waals surface area (Å²) in [6.45, 7) is 5.57. The molecule has 1 aliphatic heterocycles. The number of hydrogen-bond acceptors (Lipinski definition) is 3. The van der Waals surface area contributed by atoms with Gasteiger partial charge in [0.15, 0.2) is 0 Å². The van der Waals surface area contributed by atoms with E-state index in [0.717, 1.165) is 5.69 Å². The normalized spacial score (nSPS) is 24.1. The van der Waals surface area contributed by atoms with Crippen LogP contribution in [0, 0.1) is 6.92 Å². The number of amides is 2. The molecule has 1 atom stereocenters. The molecule has 0 aliphatic carbocycles. The Morgan fingerprint density at radius 2 is 2.17 bits per heavy atom. The molecule has 1 saturated heterocycles. The van der Waals surface area contributed by atoms with Crippen LogP contribution in [-0.4, -0.2) is 28.9 Å². The van der Waals surface area contributed by atoms with Crippen molar-refractivity contribution in [2.45, 2.75) is 32.7 Å². The molecular formula is C13H17N3O2. The minimum atomic E-state index is -0.819. The zero-order chi connectivity index (χ0) is 13.3. The number of rotatable bonds is 2. The smallest absolute Gasteiger partial charge is 0.252 e.